The molecule has 3 N–H and O–H groups in total. The first kappa shape index (κ1) is 22.0. The Morgan fingerprint density at radius 2 is 1.88 bits per heavy atom. The number of nitrogens with one attached hydrogen (secondary N) is 1. The maximum Gasteiger partial charge on any atom is 0.352 e. The summed E-state index contributed by atoms with van der Waals surface area (Å²) in [5, 5.41) is 20.0. The lowest BCUT2D eigenvalue weighted by molar-refractivity contribution is -0.141. The molecule has 1 aromatic heterocycles. The summed E-state index contributed by atoms with van der Waals surface area (Å²) in [5.74, 6) is -3.55. The molecule has 1 saturated heterocycles. The Morgan fingerprint density at radius 1 is 1.15 bits per heavy atom. The molecule has 3 heterocycles. The van der Waals surface area contributed by atoms with Gasteiger partial charge >= 0.3 is 5.97 Å². The lowest BCUT2D eigenvalue weighted by Gasteiger charge is -2.45. The number of aromatic hydroxyl groups is 1. The number of nitrogens with zero attached hydrogens (tertiary/aromatic N) is 2. The molecule has 0 unspecified atom stereocenters. The zero-order valence-corrected chi connectivity index (χ0v) is 17.7. The molecule has 1 atom stereocenters. The molecular weight excluding hydrogens is 450 g/mol. The number of allylic oxidation sites excluding steroid dienone is 1. The van der Waals surface area contributed by atoms with Crippen molar-refractivity contribution in [3.05, 3.63) is 83.4 Å². The molecule has 2 aliphatic rings. The summed E-state index contributed by atoms with van der Waals surface area (Å²) in [5.41, 5.74) is -0.0151. The van der Waals surface area contributed by atoms with Gasteiger partial charge in [-0.25, -0.2) is 13.2 Å². The number of phenols is 1. The van der Waals surface area contributed by atoms with Crippen LogP contribution in [0.1, 0.15) is 5.69 Å². The zero-order chi connectivity index (χ0) is 23.8. The highest BCUT2D eigenvalue weighted by Gasteiger charge is 2.56. The van der Waals surface area contributed by atoms with Crippen molar-refractivity contribution in [3.63, 3.8) is 0 Å². The van der Waals surface area contributed by atoms with Crippen LogP contribution >= 0.6 is 0 Å². The van der Waals surface area contributed by atoms with Gasteiger partial charge in [0, 0.05) is 18.0 Å². The standard InChI is InChI=1S/C22H17N3O7S/c26-16-7-5-14(6-8-16)24-18(27)9-4-13-12-33(31,32)21-17(11-15-3-1-2-10-23-15)20(28)25(21)19(13)22(29)30/h1-11,21,26H,12H2,(H,24,27)(H,29,30)/b9-4+,17-11-/t21-/m1/s1. The number of hydrogen-bond donors (Lipinski definition) is 3. The van der Waals surface area contributed by atoms with E-state index in [0.29, 0.717) is 16.3 Å². The summed E-state index contributed by atoms with van der Waals surface area (Å²) in [6.45, 7) is 0. The number of anilines is 1. The van der Waals surface area contributed by atoms with Crippen LogP contribution in [0.25, 0.3) is 6.08 Å². The first-order valence-corrected chi connectivity index (χ1v) is 11.3. The highest BCUT2D eigenvalue weighted by molar-refractivity contribution is 7.92. The first-order valence-electron chi connectivity index (χ1n) is 9.59. The van der Waals surface area contributed by atoms with E-state index in [0.717, 1.165) is 12.2 Å². The van der Waals surface area contributed by atoms with Gasteiger partial charge in [-0.2, -0.15) is 0 Å². The van der Waals surface area contributed by atoms with E-state index < -0.39 is 44.4 Å². The molecule has 0 aliphatic carbocycles. The Labute approximate surface area is 188 Å². The van der Waals surface area contributed by atoms with Crippen molar-refractivity contribution < 1.29 is 33.0 Å². The van der Waals surface area contributed by atoms with Gasteiger partial charge in [0.05, 0.1) is 17.0 Å². The normalized spacial score (nSPS) is 20.5. The van der Waals surface area contributed by atoms with Gasteiger partial charge in [-0.05, 0) is 48.0 Å². The lowest BCUT2D eigenvalue weighted by Crippen LogP contribution is -2.62. The average Bonchev–Trinajstić information content (AvgIpc) is 2.77. The second-order valence-electron chi connectivity index (χ2n) is 7.24. The number of rotatable bonds is 5. The summed E-state index contributed by atoms with van der Waals surface area (Å²) < 4.78 is 25.8. The Balaban J connectivity index is 1.64. The maximum absolute atomic E-state index is 12.9. The largest absolute Gasteiger partial charge is 0.508 e. The van der Waals surface area contributed by atoms with Crippen LogP contribution in [0, 0.1) is 0 Å². The van der Waals surface area contributed by atoms with Gasteiger partial charge in [-0.15, -0.1) is 0 Å². The van der Waals surface area contributed by atoms with Crippen molar-refractivity contribution in [3.8, 4) is 5.75 Å². The minimum Gasteiger partial charge on any atom is -0.508 e. The maximum atomic E-state index is 12.9. The van der Waals surface area contributed by atoms with Gasteiger partial charge in [0.1, 0.15) is 11.4 Å². The van der Waals surface area contributed by atoms with Crippen LogP contribution in [0.4, 0.5) is 5.69 Å². The third-order valence-corrected chi connectivity index (χ3v) is 6.83. The van der Waals surface area contributed by atoms with E-state index in [-0.39, 0.29) is 16.9 Å². The number of fused-ring (bicyclic) bond motifs is 1. The highest BCUT2D eigenvalue weighted by atomic mass is 32.2. The molecule has 2 amide bonds. The Bertz CT molecular complexity index is 1340. The monoisotopic (exact) mass is 467 g/mol. The fourth-order valence-corrected chi connectivity index (χ4v) is 5.44. The third kappa shape index (κ3) is 4.26. The number of carboxylic acid groups (broad SMARTS) is 1. The minimum absolute atomic E-state index is 0.0115. The van der Waals surface area contributed by atoms with Crippen molar-refractivity contribution >= 4 is 39.4 Å². The van der Waals surface area contributed by atoms with Crippen LogP contribution in [-0.4, -0.2) is 57.4 Å². The number of pyridine rings is 1. The molecule has 11 heteroatoms. The SMILES string of the molecule is O=C(/C=C/C1=C(C(=O)O)N2C(=O)/C(=C/c3ccccn3)[C@H]2S(=O)(=O)C1)Nc1ccc(O)cc1. The van der Waals surface area contributed by atoms with Gasteiger partial charge in [-0.1, -0.05) is 12.1 Å². The molecule has 0 radical (unpaired) electrons. The van der Waals surface area contributed by atoms with Gasteiger partial charge in [0.25, 0.3) is 5.91 Å². The Morgan fingerprint density at radius 3 is 2.52 bits per heavy atom. The summed E-state index contributed by atoms with van der Waals surface area (Å²) in [7, 11) is -3.98. The molecule has 10 nitrogen and oxygen atoms in total. The molecule has 168 valence electrons. The fourth-order valence-electron chi connectivity index (χ4n) is 3.54. The van der Waals surface area contributed by atoms with E-state index in [2.05, 4.69) is 10.3 Å². The highest BCUT2D eigenvalue weighted by Crippen LogP contribution is 2.41. The molecule has 1 aromatic carbocycles. The van der Waals surface area contributed by atoms with Crippen LogP contribution in [0.3, 0.4) is 0 Å². The smallest absolute Gasteiger partial charge is 0.352 e. The number of hydrogen-bond acceptors (Lipinski definition) is 7. The Kier molecular flexibility index (Phi) is 5.56. The van der Waals surface area contributed by atoms with Gasteiger partial charge in [-0.3, -0.25) is 19.5 Å². The van der Waals surface area contributed by atoms with Crippen molar-refractivity contribution in [1.29, 1.82) is 0 Å². The lowest BCUT2D eigenvalue weighted by atomic mass is 10.0. The number of benzene rings is 1. The number of carbonyl (C=O) groups is 3. The van der Waals surface area contributed by atoms with Crippen molar-refractivity contribution in [2.75, 3.05) is 11.1 Å². The van der Waals surface area contributed by atoms with Crippen LogP contribution in [-0.2, 0) is 24.2 Å². The van der Waals surface area contributed by atoms with E-state index in [9.17, 15) is 33.0 Å². The molecule has 4 rings (SSSR count). The van der Waals surface area contributed by atoms with Crippen LogP contribution in [0.15, 0.2) is 77.7 Å². The quantitative estimate of drug-likeness (QED) is 0.338. The average molecular weight is 467 g/mol. The molecule has 0 bridgehead atoms. The van der Waals surface area contributed by atoms with Gasteiger partial charge in [0.2, 0.25) is 5.91 Å². The van der Waals surface area contributed by atoms with Crippen molar-refractivity contribution in [1.82, 2.24) is 9.88 Å². The number of aliphatic carboxylic acids is 1. The van der Waals surface area contributed by atoms with E-state index in [1.807, 2.05) is 0 Å². The molecule has 2 aliphatic heterocycles. The van der Waals surface area contributed by atoms with Crippen LogP contribution in [0.2, 0.25) is 0 Å². The number of β-lactam (4-membered cyclic amide) rings is 1. The second-order valence-corrected chi connectivity index (χ2v) is 9.30. The van der Waals surface area contributed by atoms with Gasteiger partial charge < -0.3 is 15.5 Å². The predicted octanol–water partition coefficient (Wildman–Crippen LogP) is 1.30. The number of carbonyl (C=O) groups excluding carboxylic acids is 2. The summed E-state index contributed by atoms with van der Waals surface area (Å²) in [6, 6.07) is 10.6. The van der Waals surface area contributed by atoms with Crippen molar-refractivity contribution in [2.45, 2.75) is 5.37 Å². The number of aromatic nitrogens is 1. The summed E-state index contributed by atoms with van der Waals surface area (Å²) >= 11 is 0. The number of amides is 2. The van der Waals surface area contributed by atoms with Gasteiger partial charge in [0.15, 0.2) is 15.2 Å². The topological polar surface area (TPSA) is 154 Å². The summed E-state index contributed by atoms with van der Waals surface area (Å²) in [6.07, 6.45) is 4.86. The summed E-state index contributed by atoms with van der Waals surface area (Å²) in [4.78, 5) is 41.5. The molecular formula is C22H17N3O7S. The molecule has 33 heavy (non-hydrogen) atoms. The van der Waals surface area contributed by atoms with E-state index in [1.165, 1.54) is 36.5 Å². The molecule has 2 aromatic rings. The van der Waals surface area contributed by atoms with Crippen LogP contribution in [0.5, 0.6) is 5.75 Å². The van der Waals surface area contributed by atoms with Crippen molar-refractivity contribution in [2.24, 2.45) is 0 Å². The zero-order valence-electron chi connectivity index (χ0n) is 16.9. The predicted molar refractivity (Wildman–Crippen MR) is 117 cm³/mol. The third-order valence-electron chi connectivity index (χ3n) is 4.97. The fraction of sp³-hybridized carbons (Fsp3) is 0.0909. The minimum atomic E-state index is -3.98. The molecule has 1 fully saturated rings. The van der Waals surface area contributed by atoms with E-state index >= 15 is 0 Å². The van der Waals surface area contributed by atoms with E-state index in [1.54, 1.807) is 18.2 Å². The number of sulfone groups is 1. The number of carboxylic acids is 1. The van der Waals surface area contributed by atoms with E-state index in [4.69, 9.17) is 0 Å². The molecule has 0 saturated carbocycles. The molecule has 0 spiro atoms. The Hall–Kier alpha value is -4.25. The number of phenolic OH excluding ortho intramolecular Hbond substituents is 1. The van der Waals surface area contributed by atoms with Crippen LogP contribution < -0.4 is 5.32 Å². The second kappa shape index (κ2) is 8.36. The first-order chi connectivity index (χ1) is 15.7.